The van der Waals surface area contributed by atoms with Crippen LogP contribution in [0.15, 0.2) is 53.5 Å². The van der Waals surface area contributed by atoms with Crippen LogP contribution in [0.5, 0.6) is 0 Å². The predicted molar refractivity (Wildman–Crippen MR) is 95.7 cm³/mol. The van der Waals surface area contributed by atoms with Crippen molar-refractivity contribution < 1.29 is 13.9 Å². The van der Waals surface area contributed by atoms with E-state index in [0.717, 1.165) is 11.6 Å². The van der Waals surface area contributed by atoms with Gasteiger partial charge in [-0.25, -0.2) is 8.78 Å². The average Bonchev–Trinajstić information content (AvgIpc) is 2.60. The molecule has 0 aromatic heterocycles. The Balaban J connectivity index is 1.82. The molecule has 0 fully saturated rings. The van der Waals surface area contributed by atoms with Crippen LogP contribution in [0.4, 0.5) is 8.78 Å². The summed E-state index contributed by atoms with van der Waals surface area (Å²) in [6.07, 6.45) is 0.470. The number of halogens is 2. The minimum atomic E-state index is -0.578. The van der Waals surface area contributed by atoms with Crippen molar-refractivity contribution in [2.45, 2.75) is 12.3 Å². The van der Waals surface area contributed by atoms with Crippen molar-refractivity contribution in [3.63, 3.8) is 0 Å². The summed E-state index contributed by atoms with van der Waals surface area (Å²) >= 11 is 0. The zero-order valence-corrected chi connectivity index (χ0v) is 14.2. The Bertz CT molecular complexity index is 672. The molecule has 0 amide bonds. The Labute approximate surface area is 146 Å². The monoisotopic (exact) mass is 347 g/mol. The molecule has 25 heavy (non-hydrogen) atoms. The zero-order chi connectivity index (χ0) is 18.1. The molecule has 0 heterocycles. The number of hydrogen-bond acceptors (Lipinski definition) is 2. The number of aliphatic hydroxyl groups is 1. The van der Waals surface area contributed by atoms with Gasteiger partial charge in [0.2, 0.25) is 0 Å². The van der Waals surface area contributed by atoms with E-state index < -0.39 is 11.6 Å². The number of aliphatic imine (C=N–C) groups is 1. The van der Waals surface area contributed by atoms with E-state index in [2.05, 4.69) is 15.6 Å². The average molecular weight is 347 g/mol. The molecule has 1 atom stereocenters. The Morgan fingerprint density at radius 3 is 2.36 bits per heavy atom. The lowest BCUT2D eigenvalue weighted by molar-refractivity contribution is 0.265. The highest BCUT2D eigenvalue weighted by atomic mass is 19.1. The number of guanidine groups is 1. The van der Waals surface area contributed by atoms with Crippen LogP contribution in [0.1, 0.15) is 17.0 Å². The van der Waals surface area contributed by atoms with E-state index in [4.69, 9.17) is 0 Å². The van der Waals surface area contributed by atoms with Crippen LogP contribution in [0, 0.1) is 11.6 Å². The third-order valence-corrected chi connectivity index (χ3v) is 3.86. The standard InChI is InChI=1S/C19H23F2N3O/c1-22-19(23-8-7-14-9-17(20)11-18(21)10-14)24-12-16(13-25)15-5-3-2-4-6-15/h2-6,9-11,16,25H,7-8,12-13H2,1H3,(H2,22,23,24). The van der Waals surface area contributed by atoms with Gasteiger partial charge in [-0.05, 0) is 29.7 Å². The number of benzene rings is 2. The SMILES string of the molecule is CN=C(NCCc1cc(F)cc(F)c1)NCC(CO)c1ccccc1. The van der Waals surface area contributed by atoms with Gasteiger partial charge in [-0.2, -0.15) is 0 Å². The van der Waals surface area contributed by atoms with Crippen LogP contribution in [0.3, 0.4) is 0 Å². The lowest BCUT2D eigenvalue weighted by Crippen LogP contribution is -2.40. The number of nitrogens with one attached hydrogen (secondary N) is 2. The van der Waals surface area contributed by atoms with Crippen LogP contribution in [0.25, 0.3) is 0 Å². The van der Waals surface area contributed by atoms with E-state index in [1.807, 2.05) is 30.3 Å². The van der Waals surface area contributed by atoms with Crippen molar-refractivity contribution in [3.05, 3.63) is 71.3 Å². The van der Waals surface area contributed by atoms with Gasteiger partial charge in [0.25, 0.3) is 0 Å². The molecular weight excluding hydrogens is 324 g/mol. The first kappa shape index (κ1) is 18.9. The second-order valence-electron chi connectivity index (χ2n) is 5.70. The van der Waals surface area contributed by atoms with E-state index in [1.54, 1.807) is 7.05 Å². The number of nitrogens with zero attached hydrogens (tertiary/aromatic N) is 1. The number of rotatable bonds is 7. The molecule has 134 valence electrons. The molecule has 4 nitrogen and oxygen atoms in total. The maximum atomic E-state index is 13.2. The van der Waals surface area contributed by atoms with Gasteiger partial charge in [0.1, 0.15) is 11.6 Å². The molecule has 1 unspecified atom stereocenters. The van der Waals surface area contributed by atoms with Crippen LogP contribution in [0.2, 0.25) is 0 Å². The van der Waals surface area contributed by atoms with Gasteiger partial charge in [0, 0.05) is 32.1 Å². The molecule has 0 aliphatic heterocycles. The van der Waals surface area contributed by atoms with Crippen molar-refractivity contribution in [2.24, 2.45) is 4.99 Å². The van der Waals surface area contributed by atoms with Gasteiger partial charge in [-0.3, -0.25) is 4.99 Å². The lowest BCUT2D eigenvalue weighted by atomic mass is 10.0. The molecule has 0 bridgehead atoms. The summed E-state index contributed by atoms with van der Waals surface area (Å²) in [5.74, 6) is -0.624. The Morgan fingerprint density at radius 2 is 1.76 bits per heavy atom. The first-order chi connectivity index (χ1) is 12.1. The van der Waals surface area contributed by atoms with E-state index in [0.29, 0.717) is 31.0 Å². The van der Waals surface area contributed by atoms with Gasteiger partial charge in [-0.1, -0.05) is 30.3 Å². The van der Waals surface area contributed by atoms with Crippen LogP contribution >= 0.6 is 0 Å². The van der Waals surface area contributed by atoms with Crippen LogP contribution in [-0.2, 0) is 6.42 Å². The predicted octanol–water partition coefficient (Wildman–Crippen LogP) is 2.45. The minimum absolute atomic E-state index is 0.0244. The largest absolute Gasteiger partial charge is 0.396 e. The summed E-state index contributed by atoms with van der Waals surface area (Å²) in [5, 5.41) is 15.8. The quantitative estimate of drug-likeness (QED) is 0.533. The molecule has 0 aliphatic carbocycles. The fourth-order valence-corrected chi connectivity index (χ4v) is 2.53. The van der Waals surface area contributed by atoms with Gasteiger partial charge < -0.3 is 15.7 Å². The summed E-state index contributed by atoms with van der Waals surface area (Å²) in [6.45, 7) is 1.03. The highest BCUT2D eigenvalue weighted by Gasteiger charge is 2.10. The highest BCUT2D eigenvalue weighted by molar-refractivity contribution is 5.79. The molecule has 0 saturated heterocycles. The fourth-order valence-electron chi connectivity index (χ4n) is 2.53. The smallest absolute Gasteiger partial charge is 0.191 e. The molecule has 0 radical (unpaired) electrons. The number of hydrogen-bond donors (Lipinski definition) is 3. The summed E-state index contributed by atoms with van der Waals surface area (Å²) in [4.78, 5) is 4.12. The van der Waals surface area contributed by atoms with Gasteiger partial charge in [-0.15, -0.1) is 0 Å². The molecule has 6 heteroatoms. The van der Waals surface area contributed by atoms with Gasteiger partial charge in [0.05, 0.1) is 6.61 Å². The Hall–Kier alpha value is -2.47. The minimum Gasteiger partial charge on any atom is -0.396 e. The number of aliphatic hydroxyl groups excluding tert-OH is 1. The maximum absolute atomic E-state index is 13.2. The Morgan fingerprint density at radius 1 is 1.08 bits per heavy atom. The van der Waals surface area contributed by atoms with Crippen molar-refractivity contribution in [1.29, 1.82) is 0 Å². The molecule has 0 spiro atoms. The molecule has 0 saturated carbocycles. The topological polar surface area (TPSA) is 56.7 Å². The van der Waals surface area contributed by atoms with E-state index >= 15 is 0 Å². The highest BCUT2D eigenvalue weighted by Crippen LogP contribution is 2.13. The van der Waals surface area contributed by atoms with E-state index in [-0.39, 0.29) is 12.5 Å². The second-order valence-corrected chi connectivity index (χ2v) is 5.70. The molecular formula is C19H23F2N3O. The molecule has 2 rings (SSSR count). The molecule has 3 N–H and O–H groups in total. The summed E-state index contributed by atoms with van der Waals surface area (Å²) < 4.78 is 26.3. The van der Waals surface area contributed by atoms with Crippen LogP contribution < -0.4 is 10.6 Å². The van der Waals surface area contributed by atoms with E-state index in [9.17, 15) is 13.9 Å². The van der Waals surface area contributed by atoms with Crippen LogP contribution in [-0.4, -0.2) is 37.8 Å². The maximum Gasteiger partial charge on any atom is 0.191 e. The summed E-state index contributed by atoms with van der Waals surface area (Å²) in [6, 6.07) is 13.2. The van der Waals surface area contributed by atoms with Crippen molar-refractivity contribution in [1.82, 2.24) is 10.6 Å². The van der Waals surface area contributed by atoms with E-state index in [1.165, 1.54) is 12.1 Å². The van der Waals surface area contributed by atoms with Crippen molar-refractivity contribution >= 4 is 5.96 Å². The van der Waals surface area contributed by atoms with Gasteiger partial charge in [0.15, 0.2) is 5.96 Å². The Kier molecular flexibility index (Phi) is 7.35. The molecule has 2 aromatic carbocycles. The normalized spacial score (nSPS) is 12.7. The molecule has 0 aliphatic rings. The third-order valence-electron chi connectivity index (χ3n) is 3.86. The summed E-state index contributed by atoms with van der Waals surface area (Å²) in [7, 11) is 1.65. The first-order valence-corrected chi connectivity index (χ1v) is 8.17. The molecule has 2 aromatic rings. The van der Waals surface area contributed by atoms with Gasteiger partial charge >= 0.3 is 0 Å². The van der Waals surface area contributed by atoms with Crippen molar-refractivity contribution in [2.75, 3.05) is 26.7 Å². The van der Waals surface area contributed by atoms with Crippen molar-refractivity contribution in [3.8, 4) is 0 Å². The lowest BCUT2D eigenvalue weighted by Gasteiger charge is -2.18. The summed E-state index contributed by atoms with van der Waals surface area (Å²) in [5.41, 5.74) is 1.63. The first-order valence-electron chi connectivity index (χ1n) is 8.17. The second kappa shape index (κ2) is 9.74. The third kappa shape index (κ3) is 6.15. The fraction of sp³-hybridized carbons (Fsp3) is 0.316. The zero-order valence-electron chi connectivity index (χ0n) is 14.2.